The molecule has 2 aliphatic rings. The number of amides is 1. The highest BCUT2D eigenvalue weighted by molar-refractivity contribution is 5.94. The Morgan fingerprint density at radius 1 is 1.10 bits per heavy atom. The molecule has 2 aliphatic heterocycles. The van der Waals surface area contributed by atoms with Crippen molar-refractivity contribution in [3.8, 4) is 5.69 Å². The van der Waals surface area contributed by atoms with Gasteiger partial charge in [-0.05, 0) is 36.4 Å². The molecule has 1 N–H and O–H groups in total. The van der Waals surface area contributed by atoms with Gasteiger partial charge >= 0.3 is 0 Å². The lowest BCUT2D eigenvalue weighted by Crippen LogP contribution is -2.40. The molecular weight excluding hydrogens is 368 g/mol. The molecule has 146 valence electrons. The summed E-state index contributed by atoms with van der Waals surface area (Å²) in [5.74, 6) is 0.0331. The zero-order valence-corrected chi connectivity index (χ0v) is 15.8. The van der Waals surface area contributed by atoms with Gasteiger partial charge in [-0.2, -0.15) is 0 Å². The summed E-state index contributed by atoms with van der Waals surface area (Å²) in [6.45, 7) is 3.13. The van der Waals surface area contributed by atoms with E-state index in [9.17, 15) is 4.79 Å². The molecule has 0 saturated carbocycles. The van der Waals surface area contributed by atoms with Gasteiger partial charge in [-0.3, -0.25) is 9.78 Å². The number of carbonyl (C=O) groups excluding carboxylic acids is 1. The maximum atomic E-state index is 12.6. The second-order valence-corrected chi connectivity index (χ2v) is 6.99. The van der Waals surface area contributed by atoms with Crippen LogP contribution in [0.2, 0.25) is 0 Å². The number of benzene rings is 1. The van der Waals surface area contributed by atoms with E-state index in [1.165, 1.54) is 0 Å². The van der Waals surface area contributed by atoms with Crippen LogP contribution in [0.4, 0.5) is 5.69 Å². The lowest BCUT2D eigenvalue weighted by Gasteiger charge is -2.26. The third-order valence-corrected chi connectivity index (χ3v) is 5.15. The normalized spacial score (nSPS) is 16.0. The van der Waals surface area contributed by atoms with Crippen LogP contribution < -0.4 is 5.32 Å². The van der Waals surface area contributed by atoms with Gasteiger partial charge in [-0.15, -0.1) is 5.10 Å². The molecule has 1 amide bonds. The molecule has 2 aromatic heterocycles. The summed E-state index contributed by atoms with van der Waals surface area (Å²) in [6.07, 6.45) is 7.60. The summed E-state index contributed by atoms with van der Waals surface area (Å²) < 4.78 is 7.03. The topological polar surface area (TPSA) is 85.2 Å². The Balaban J connectivity index is 1.34. The Labute approximate surface area is 167 Å². The largest absolute Gasteiger partial charge is 0.379 e. The molecule has 5 rings (SSSR count). The number of ether oxygens (including phenoxy) is 1. The maximum absolute atomic E-state index is 12.6. The average Bonchev–Trinajstić information content (AvgIpc) is 3.29. The third kappa shape index (κ3) is 3.50. The van der Waals surface area contributed by atoms with E-state index in [4.69, 9.17) is 4.74 Å². The monoisotopic (exact) mass is 388 g/mol. The van der Waals surface area contributed by atoms with Crippen LogP contribution in [0.1, 0.15) is 21.6 Å². The van der Waals surface area contributed by atoms with Crippen LogP contribution in [-0.4, -0.2) is 63.6 Å². The highest BCUT2D eigenvalue weighted by Gasteiger charge is 2.19. The first-order valence-corrected chi connectivity index (χ1v) is 9.56. The fourth-order valence-electron chi connectivity index (χ4n) is 3.52. The SMILES string of the molecule is O=C(c1ccc(-n2cc(C3=Cc4ccncc4NC3)nn2)cc1)N1CCOCC1. The molecule has 1 fully saturated rings. The standard InChI is InChI=1S/C21H20N6O2/c28-21(26-7-9-29-10-8-26)15-1-3-18(4-2-15)27-14-20(24-25-27)17-11-16-5-6-22-13-19(16)23-12-17/h1-6,11,13-14,23H,7-10,12H2. The summed E-state index contributed by atoms with van der Waals surface area (Å²) in [7, 11) is 0. The van der Waals surface area contributed by atoms with E-state index in [0.717, 1.165) is 28.2 Å². The van der Waals surface area contributed by atoms with E-state index in [1.807, 2.05) is 47.6 Å². The molecule has 3 aromatic rings. The number of anilines is 1. The van der Waals surface area contributed by atoms with Crippen LogP contribution >= 0.6 is 0 Å². The minimum Gasteiger partial charge on any atom is -0.379 e. The fourth-order valence-corrected chi connectivity index (χ4v) is 3.52. The van der Waals surface area contributed by atoms with Gasteiger partial charge in [0, 0.05) is 42.5 Å². The number of fused-ring (bicyclic) bond motifs is 1. The molecule has 0 bridgehead atoms. The van der Waals surface area contributed by atoms with Gasteiger partial charge in [0.05, 0.1) is 37.0 Å². The van der Waals surface area contributed by atoms with Gasteiger partial charge < -0.3 is 15.0 Å². The first-order chi connectivity index (χ1) is 14.3. The van der Waals surface area contributed by atoms with E-state index in [0.29, 0.717) is 38.4 Å². The number of morpholine rings is 1. The van der Waals surface area contributed by atoms with Crippen LogP contribution in [0.3, 0.4) is 0 Å². The molecule has 1 aromatic carbocycles. The van der Waals surface area contributed by atoms with E-state index in [-0.39, 0.29) is 5.91 Å². The van der Waals surface area contributed by atoms with Crippen molar-refractivity contribution in [1.82, 2.24) is 24.9 Å². The first-order valence-electron chi connectivity index (χ1n) is 9.56. The number of nitrogens with zero attached hydrogens (tertiary/aromatic N) is 5. The van der Waals surface area contributed by atoms with Crippen molar-refractivity contribution in [2.75, 3.05) is 38.2 Å². The molecule has 4 heterocycles. The zero-order valence-electron chi connectivity index (χ0n) is 15.8. The number of hydrogen-bond acceptors (Lipinski definition) is 6. The van der Waals surface area contributed by atoms with Crippen LogP contribution in [-0.2, 0) is 4.74 Å². The van der Waals surface area contributed by atoms with E-state index >= 15 is 0 Å². The molecule has 8 heteroatoms. The minimum absolute atomic E-state index is 0.0331. The van der Waals surface area contributed by atoms with Crippen molar-refractivity contribution >= 4 is 23.2 Å². The molecule has 0 atom stereocenters. The summed E-state index contributed by atoms with van der Waals surface area (Å²) in [4.78, 5) is 18.5. The van der Waals surface area contributed by atoms with Gasteiger partial charge in [0.15, 0.2) is 0 Å². The molecule has 1 saturated heterocycles. The summed E-state index contributed by atoms with van der Waals surface area (Å²) >= 11 is 0. The molecule has 0 radical (unpaired) electrons. The van der Waals surface area contributed by atoms with Crippen molar-refractivity contribution in [3.05, 3.63) is 65.7 Å². The van der Waals surface area contributed by atoms with Crippen LogP contribution in [0.15, 0.2) is 48.9 Å². The van der Waals surface area contributed by atoms with Crippen LogP contribution in [0.25, 0.3) is 17.3 Å². The first kappa shape index (κ1) is 17.6. The molecule has 0 unspecified atom stereocenters. The van der Waals surface area contributed by atoms with E-state index < -0.39 is 0 Å². The second-order valence-electron chi connectivity index (χ2n) is 6.99. The predicted molar refractivity (Wildman–Crippen MR) is 109 cm³/mol. The van der Waals surface area contributed by atoms with Crippen molar-refractivity contribution in [1.29, 1.82) is 0 Å². The highest BCUT2D eigenvalue weighted by Crippen LogP contribution is 2.26. The zero-order chi connectivity index (χ0) is 19.6. The Kier molecular flexibility index (Phi) is 4.53. The third-order valence-electron chi connectivity index (χ3n) is 5.15. The Morgan fingerprint density at radius 3 is 2.76 bits per heavy atom. The molecular formula is C21H20N6O2. The molecule has 8 nitrogen and oxygen atoms in total. The number of carbonyl (C=O) groups is 1. The van der Waals surface area contributed by atoms with Crippen molar-refractivity contribution < 1.29 is 9.53 Å². The smallest absolute Gasteiger partial charge is 0.254 e. The number of nitrogens with one attached hydrogen (secondary N) is 1. The minimum atomic E-state index is 0.0331. The molecule has 29 heavy (non-hydrogen) atoms. The lowest BCUT2D eigenvalue weighted by atomic mass is 10.0. The van der Waals surface area contributed by atoms with Gasteiger partial charge in [0.1, 0.15) is 5.69 Å². The number of aromatic nitrogens is 4. The summed E-state index contributed by atoms with van der Waals surface area (Å²) in [5, 5.41) is 11.9. The Bertz CT molecular complexity index is 1070. The molecule has 0 spiro atoms. The van der Waals surface area contributed by atoms with Crippen molar-refractivity contribution in [3.63, 3.8) is 0 Å². The molecule has 0 aliphatic carbocycles. The van der Waals surface area contributed by atoms with Crippen molar-refractivity contribution in [2.45, 2.75) is 0 Å². The maximum Gasteiger partial charge on any atom is 0.254 e. The van der Waals surface area contributed by atoms with E-state index in [2.05, 4.69) is 26.7 Å². The average molecular weight is 388 g/mol. The van der Waals surface area contributed by atoms with E-state index in [1.54, 1.807) is 10.9 Å². The van der Waals surface area contributed by atoms with Gasteiger partial charge in [0.2, 0.25) is 0 Å². The predicted octanol–water partition coefficient (Wildman–Crippen LogP) is 2.10. The van der Waals surface area contributed by atoms with Gasteiger partial charge in [0.25, 0.3) is 5.91 Å². The lowest BCUT2D eigenvalue weighted by molar-refractivity contribution is 0.0303. The quantitative estimate of drug-likeness (QED) is 0.740. The van der Waals surface area contributed by atoms with Crippen LogP contribution in [0, 0.1) is 0 Å². The summed E-state index contributed by atoms with van der Waals surface area (Å²) in [5.41, 5.74) is 5.50. The van der Waals surface area contributed by atoms with Crippen LogP contribution in [0.5, 0.6) is 0 Å². The number of rotatable bonds is 3. The van der Waals surface area contributed by atoms with Gasteiger partial charge in [-0.25, -0.2) is 4.68 Å². The Morgan fingerprint density at radius 2 is 1.93 bits per heavy atom. The number of hydrogen-bond donors (Lipinski definition) is 1. The number of pyridine rings is 1. The van der Waals surface area contributed by atoms with Gasteiger partial charge in [-0.1, -0.05) is 5.21 Å². The van der Waals surface area contributed by atoms with Crippen molar-refractivity contribution in [2.24, 2.45) is 0 Å². The second kappa shape index (κ2) is 7.48. The Hall–Kier alpha value is -3.52. The highest BCUT2D eigenvalue weighted by atomic mass is 16.5. The summed E-state index contributed by atoms with van der Waals surface area (Å²) in [6, 6.07) is 9.41. The fraction of sp³-hybridized carbons (Fsp3) is 0.238.